The Morgan fingerprint density at radius 3 is 2.71 bits per heavy atom. The zero-order valence-electron chi connectivity index (χ0n) is 12.9. The summed E-state index contributed by atoms with van der Waals surface area (Å²) < 4.78 is 26.2. The third kappa shape index (κ3) is 3.18. The number of carbonyl (C=O) groups is 1. The largest absolute Gasteiger partial charge is 0.504 e. The number of phenolic OH excluding ortho intramolecular Hbond substituents is 2. The SMILES string of the molecule is O=C(c1cccc(O)c1O)N1CC[C@@H](Cc2ccc(F)c(F)c2)C1. The fourth-order valence-corrected chi connectivity index (χ4v) is 3.06. The van der Waals surface area contributed by atoms with E-state index in [0.717, 1.165) is 12.5 Å². The van der Waals surface area contributed by atoms with Gasteiger partial charge in [0.05, 0.1) is 5.56 Å². The van der Waals surface area contributed by atoms with Crippen molar-refractivity contribution in [3.63, 3.8) is 0 Å². The molecule has 1 aliphatic rings. The summed E-state index contributed by atoms with van der Waals surface area (Å²) >= 11 is 0. The van der Waals surface area contributed by atoms with E-state index in [2.05, 4.69) is 0 Å². The van der Waals surface area contributed by atoms with Crippen LogP contribution in [0.2, 0.25) is 0 Å². The molecule has 3 rings (SSSR count). The Labute approximate surface area is 138 Å². The van der Waals surface area contributed by atoms with Gasteiger partial charge in [0.1, 0.15) is 0 Å². The molecule has 1 heterocycles. The monoisotopic (exact) mass is 333 g/mol. The zero-order valence-corrected chi connectivity index (χ0v) is 12.9. The second-order valence-electron chi connectivity index (χ2n) is 6.03. The van der Waals surface area contributed by atoms with Crippen molar-refractivity contribution >= 4 is 5.91 Å². The fraction of sp³-hybridized carbons (Fsp3) is 0.278. The molecule has 1 amide bonds. The van der Waals surface area contributed by atoms with Gasteiger partial charge in [-0.1, -0.05) is 12.1 Å². The first-order valence-electron chi connectivity index (χ1n) is 7.70. The Kier molecular flexibility index (Phi) is 4.38. The highest BCUT2D eigenvalue weighted by Gasteiger charge is 2.29. The highest BCUT2D eigenvalue weighted by atomic mass is 19.2. The lowest BCUT2D eigenvalue weighted by Gasteiger charge is -2.17. The van der Waals surface area contributed by atoms with Gasteiger partial charge in [-0.3, -0.25) is 4.79 Å². The normalized spacial score (nSPS) is 17.2. The van der Waals surface area contributed by atoms with Crippen molar-refractivity contribution in [3.8, 4) is 11.5 Å². The molecule has 0 radical (unpaired) electrons. The van der Waals surface area contributed by atoms with Gasteiger partial charge >= 0.3 is 0 Å². The zero-order chi connectivity index (χ0) is 17.3. The van der Waals surface area contributed by atoms with E-state index >= 15 is 0 Å². The maximum atomic E-state index is 13.3. The molecular formula is C18H17F2NO3. The molecule has 0 aromatic heterocycles. The first kappa shape index (κ1) is 16.2. The average Bonchev–Trinajstić information content (AvgIpc) is 3.01. The van der Waals surface area contributed by atoms with Crippen LogP contribution in [0.15, 0.2) is 36.4 Å². The van der Waals surface area contributed by atoms with Crippen LogP contribution in [0.4, 0.5) is 8.78 Å². The topological polar surface area (TPSA) is 60.8 Å². The number of amides is 1. The summed E-state index contributed by atoms with van der Waals surface area (Å²) in [5.74, 6) is -2.72. The minimum Gasteiger partial charge on any atom is -0.504 e. The summed E-state index contributed by atoms with van der Waals surface area (Å²) in [6.45, 7) is 0.981. The number of carbonyl (C=O) groups excluding carboxylic acids is 1. The molecule has 0 saturated carbocycles. The first-order valence-corrected chi connectivity index (χ1v) is 7.70. The van der Waals surface area contributed by atoms with Crippen molar-refractivity contribution in [2.24, 2.45) is 5.92 Å². The molecule has 1 atom stereocenters. The molecule has 0 bridgehead atoms. The highest BCUT2D eigenvalue weighted by molar-refractivity contribution is 5.97. The number of rotatable bonds is 3. The molecule has 2 aromatic rings. The summed E-state index contributed by atoms with van der Waals surface area (Å²) in [7, 11) is 0. The lowest BCUT2D eigenvalue weighted by Crippen LogP contribution is -2.29. The van der Waals surface area contributed by atoms with E-state index in [1.54, 1.807) is 11.0 Å². The standard InChI is InChI=1S/C18H17F2NO3/c19-14-5-4-11(9-15(14)20)8-12-6-7-21(10-12)18(24)13-2-1-3-16(22)17(13)23/h1-5,9,12,22-23H,6-8,10H2/t12-/m0/s1. The van der Waals surface area contributed by atoms with Crippen molar-refractivity contribution < 1.29 is 23.8 Å². The van der Waals surface area contributed by atoms with E-state index in [-0.39, 0.29) is 23.1 Å². The Balaban J connectivity index is 1.67. The van der Waals surface area contributed by atoms with Crippen LogP contribution >= 0.6 is 0 Å². The maximum Gasteiger partial charge on any atom is 0.257 e. The summed E-state index contributed by atoms with van der Waals surface area (Å²) in [4.78, 5) is 14.1. The van der Waals surface area contributed by atoms with Crippen LogP contribution in [0.5, 0.6) is 11.5 Å². The number of hydrogen-bond acceptors (Lipinski definition) is 3. The van der Waals surface area contributed by atoms with Gasteiger partial charge in [-0.15, -0.1) is 0 Å². The van der Waals surface area contributed by atoms with Crippen LogP contribution in [0, 0.1) is 17.6 Å². The van der Waals surface area contributed by atoms with Gasteiger partial charge in [-0.25, -0.2) is 8.78 Å². The molecule has 1 saturated heterocycles. The Hall–Kier alpha value is -2.63. The van der Waals surface area contributed by atoms with Crippen LogP contribution in [0.3, 0.4) is 0 Å². The highest BCUT2D eigenvalue weighted by Crippen LogP contribution is 2.31. The number of aromatic hydroxyl groups is 2. The Morgan fingerprint density at radius 2 is 1.96 bits per heavy atom. The predicted octanol–water partition coefficient (Wildman–Crippen LogP) is 3.08. The van der Waals surface area contributed by atoms with E-state index in [0.29, 0.717) is 25.1 Å². The van der Waals surface area contributed by atoms with Crippen LogP contribution in [0.1, 0.15) is 22.3 Å². The maximum absolute atomic E-state index is 13.3. The van der Waals surface area contributed by atoms with E-state index in [4.69, 9.17) is 0 Å². The molecule has 2 aromatic carbocycles. The van der Waals surface area contributed by atoms with Gasteiger partial charge in [0.15, 0.2) is 23.1 Å². The second kappa shape index (κ2) is 6.47. The van der Waals surface area contributed by atoms with Gasteiger partial charge in [0, 0.05) is 13.1 Å². The van der Waals surface area contributed by atoms with Crippen molar-refractivity contribution in [2.45, 2.75) is 12.8 Å². The molecule has 1 aliphatic heterocycles. The number of hydrogen-bond donors (Lipinski definition) is 2. The number of nitrogens with zero attached hydrogens (tertiary/aromatic N) is 1. The number of phenols is 2. The molecule has 1 fully saturated rings. The molecule has 24 heavy (non-hydrogen) atoms. The van der Waals surface area contributed by atoms with Crippen LogP contribution in [-0.4, -0.2) is 34.1 Å². The quantitative estimate of drug-likeness (QED) is 0.849. The molecule has 6 heteroatoms. The summed E-state index contributed by atoms with van der Waals surface area (Å²) in [5, 5.41) is 19.3. The lowest BCUT2D eigenvalue weighted by molar-refractivity contribution is 0.0783. The third-order valence-corrected chi connectivity index (χ3v) is 4.33. The number of halogens is 2. The Bertz CT molecular complexity index is 779. The number of para-hydroxylation sites is 1. The molecule has 4 nitrogen and oxygen atoms in total. The van der Waals surface area contributed by atoms with Gasteiger partial charge in [-0.05, 0) is 48.6 Å². The first-order chi connectivity index (χ1) is 11.5. The molecule has 0 spiro atoms. The number of benzene rings is 2. The predicted molar refractivity (Wildman–Crippen MR) is 83.8 cm³/mol. The van der Waals surface area contributed by atoms with E-state index in [9.17, 15) is 23.8 Å². The van der Waals surface area contributed by atoms with E-state index < -0.39 is 17.4 Å². The van der Waals surface area contributed by atoms with Gasteiger partial charge in [-0.2, -0.15) is 0 Å². The molecule has 2 N–H and O–H groups in total. The minimum absolute atomic E-state index is 0.0588. The van der Waals surface area contributed by atoms with Crippen molar-refractivity contribution in [3.05, 3.63) is 59.2 Å². The van der Waals surface area contributed by atoms with Gasteiger partial charge in [0.25, 0.3) is 5.91 Å². The van der Waals surface area contributed by atoms with Crippen LogP contribution in [-0.2, 0) is 6.42 Å². The molecule has 126 valence electrons. The van der Waals surface area contributed by atoms with E-state index in [1.165, 1.54) is 24.3 Å². The summed E-state index contributed by atoms with van der Waals surface area (Å²) in [6, 6.07) is 8.09. The van der Waals surface area contributed by atoms with Crippen molar-refractivity contribution in [1.82, 2.24) is 4.90 Å². The summed E-state index contributed by atoms with van der Waals surface area (Å²) in [6.07, 6.45) is 1.29. The smallest absolute Gasteiger partial charge is 0.257 e. The van der Waals surface area contributed by atoms with Crippen LogP contribution < -0.4 is 0 Å². The molecule has 0 aliphatic carbocycles. The lowest BCUT2D eigenvalue weighted by atomic mass is 9.98. The molecule has 0 unspecified atom stereocenters. The van der Waals surface area contributed by atoms with Crippen molar-refractivity contribution in [1.29, 1.82) is 0 Å². The Morgan fingerprint density at radius 1 is 1.17 bits per heavy atom. The average molecular weight is 333 g/mol. The van der Waals surface area contributed by atoms with Crippen LogP contribution in [0.25, 0.3) is 0 Å². The molecular weight excluding hydrogens is 316 g/mol. The van der Waals surface area contributed by atoms with Gasteiger partial charge < -0.3 is 15.1 Å². The van der Waals surface area contributed by atoms with Gasteiger partial charge in [0.2, 0.25) is 0 Å². The minimum atomic E-state index is -0.874. The van der Waals surface area contributed by atoms with Crippen molar-refractivity contribution in [2.75, 3.05) is 13.1 Å². The number of likely N-dealkylation sites (tertiary alicyclic amines) is 1. The van der Waals surface area contributed by atoms with E-state index in [1.807, 2.05) is 0 Å². The summed E-state index contributed by atoms with van der Waals surface area (Å²) in [5.41, 5.74) is 0.747. The second-order valence-corrected chi connectivity index (χ2v) is 6.03. The fourth-order valence-electron chi connectivity index (χ4n) is 3.06. The third-order valence-electron chi connectivity index (χ3n) is 4.33.